The molecular formula is C16H24N6O2. The van der Waals surface area contributed by atoms with Crippen LogP contribution in [0.1, 0.15) is 48.4 Å². The van der Waals surface area contributed by atoms with Gasteiger partial charge in [-0.15, -0.1) is 0 Å². The minimum Gasteiger partial charge on any atom is -0.339 e. The molecule has 1 unspecified atom stereocenters. The van der Waals surface area contributed by atoms with Crippen molar-refractivity contribution < 1.29 is 9.32 Å². The van der Waals surface area contributed by atoms with Crippen LogP contribution >= 0.6 is 0 Å². The lowest BCUT2D eigenvalue weighted by Gasteiger charge is -2.23. The third kappa shape index (κ3) is 3.33. The lowest BCUT2D eigenvalue weighted by atomic mass is 10.2. The van der Waals surface area contributed by atoms with Gasteiger partial charge >= 0.3 is 0 Å². The van der Waals surface area contributed by atoms with Crippen LogP contribution in [0, 0.1) is 0 Å². The molecule has 0 aliphatic carbocycles. The lowest BCUT2D eigenvalue weighted by molar-refractivity contribution is 0.0769. The highest BCUT2D eigenvalue weighted by Gasteiger charge is 2.31. The van der Waals surface area contributed by atoms with E-state index in [0.717, 1.165) is 13.0 Å². The minimum atomic E-state index is 0.0348. The number of likely N-dealkylation sites (tertiary alicyclic amines) is 1. The summed E-state index contributed by atoms with van der Waals surface area (Å²) in [5, 5.41) is 4.04. The molecule has 0 N–H and O–H groups in total. The maximum atomic E-state index is 12.5. The zero-order chi connectivity index (χ0) is 17.3. The number of aromatic nitrogens is 4. The number of likely N-dealkylation sites (N-methyl/N-ethyl adjacent to an activating group) is 1. The van der Waals surface area contributed by atoms with Crippen LogP contribution in [-0.4, -0.2) is 61.6 Å². The molecule has 2 aromatic rings. The van der Waals surface area contributed by atoms with E-state index < -0.39 is 0 Å². The molecule has 0 radical (unpaired) electrons. The third-order valence-corrected chi connectivity index (χ3v) is 4.48. The fourth-order valence-electron chi connectivity index (χ4n) is 2.93. The second kappa shape index (κ2) is 6.72. The molecule has 1 aliphatic rings. The number of aryl methyl sites for hydroxylation is 1. The predicted molar refractivity (Wildman–Crippen MR) is 87.4 cm³/mol. The Hall–Kier alpha value is -2.22. The smallest absolute Gasteiger partial charge is 0.272 e. The zero-order valence-corrected chi connectivity index (χ0v) is 14.6. The van der Waals surface area contributed by atoms with Crippen LogP contribution in [0.25, 0.3) is 0 Å². The third-order valence-electron chi connectivity index (χ3n) is 4.48. The average Bonchev–Trinajstić information content (AvgIpc) is 3.26. The monoisotopic (exact) mass is 332 g/mol. The average molecular weight is 332 g/mol. The largest absolute Gasteiger partial charge is 0.339 e. The van der Waals surface area contributed by atoms with E-state index in [2.05, 4.69) is 20.0 Å². The molecule has 8 heteroatoms. The fraction of sp³-hybridized carbons (Fsp3) is 0.625. The minimum absolute atomic E-state index is 0.0348. The molecule has 130 valence electrons. The van der Waals surface area contributed by atoms with E-state index in [0.29, 0.717) is 36.5 Å². The molecule has 24 heavy (non-hydrogen) atoms. The molecule has 3 heterocycles. The summed E-state index contributed by atoms with van der Waals surface area (Å²) in [4.78, 5) is 25.0. The van der Waals surface area contributed by atoms with Crippen molar-refractivity contribution in [3.05, 3.63) is 29.9 Å². The summed E-state index contributed by atoms with van der Waals surface area (Å²) in [5.74, 6) is 1.62. The van der Waals surface area contributed by atoms with Crippen LogP contribution in [0.15, 0.2) is 17.0 Å². The van der Waals surface area contributed by atoms with Gasteiger partial charge in [0.15, 0.2) is 5.82 Å². The molecule has 1 amide bonds. The molecule has 2 aromatic heterocycles. The van der Waals surface area contributed by atoms with Crippen LogP contribution in [0.5, 0.6) is 0 Å². The molecule has 0 bridgehead atoms. The Morgan fingerprint density at radius 3 is 2.92 bits per heavy atom. The molecule has 0 saturated carbocycles. The zero-order valence-electron chi connectivity index (χ0n) is 14.6. The van der Waals surface area contributed by atoms with Crippen LogP contribution in [0.4, 0.5) is 0 Å². The molecule has 3 rings (SSSR count). The first kappa shape index (κ1) is 16.6. The van der Waals surface area contributed by atoms with Crippen LogP contribution in [-0.2, 0) is 13.6 Å². The van der Waals surface area contributed by atoms with E-state index in [9.17, 15) is 4.79 Å². The maximum Gasteiger partial charge on any atom is 0.272 e. The number of carbonyl (C=O) groups excluding carboxylic acids is 1. The summed E-state index contributed by atoms with van der Waals surface area (Å²) in [5.41, 5.74) is 0.623. The molecule has 1 aliphatic heterocycles. The molecular weight excluding hydrogens is 308 g/mol. The van der Waals surface area contributed by atoms with Crippen molar-refractivity contribution in [2.45, 2.75) is 38.8 Å². The van der Waals surface area contributed by atoms with Crippen molar-refractivity contribution in [3.63, 3.8) is 0 Å². The van der Waals surface area contributed by atoms with Crippen LogP contribution in [0.3, 0.4) is 0 Å². The standard InChI is InChI=1S/C16H24N6O2/c1-11(2)15-18-14(19-24-15)9-20(3)12-5-6-22(8-12)16(23)13-7-17-10-21(13)4/h7,10-12H,5-6,8-9H2,1-4H3. The van der Waals surface area contributed by atoms with Crippen molar-refractivity contribution in [1.29, 1.82) is 0 Å². The topological polar surface area (TPSA) is 80.3 Å². The Morgan fingerprint density at radius 1 is 1.50 bits per heavy atom. The van der Waals surface area contributed by atoms with E-state index in [1.807, 2.05) is 32.8 Å². The molecule has 0 spiro atoms. The van der Waals surface area contributed by atoms with Crippen molar-refractivity contribution in [1.82, 2.24) is 29.5 Å². The molecule has 1 saturated heterocycles. The highest BCUT2D eigenvalue weighted by Crippen LogP contribution is 2.19. The second-order valence-corrected chi connectivity index (χ2v) is 6.70. The number of hydrogen-bond acceptors (Lipinski definition) is 6. The van der Waals surface area contributed by atoms with Gasteiger partial charge < -0.3 is 14.0 Å². The fourth-order valence-corrected chi connectivity index (χ4v) is 2.93. The number of imidazole rings is 1. The van der Waals surface area contributed by atoms with E-state index in [4.69, 9.17) is 4.52 Å². The van der Waals surface area contributed by atoms with Gasteiger partial charge in [0, 0.05) is 32.1 Å². The van der Waals surface area contributed by atoms with Gasteiger partial charge in [-0.05, 0) is 13.5 Å². The van der Waals surface area contributed by atoms with E-state index in [-0.39, 0.29) is 11.8 Å². The first-order chi connectivity index (χ1) is 11.5. The van der Waals surface area contributed by atoms with E-state index in [1.54, 1.807) is 17.1 Å². The van der Waals surface area contributed by atoms with Crippen LogP contribution < -0.4 is 0 Å². The van der Waals surface area contributed by atoms with Crippen molar-refractivity contribution in [3.8, 4) is 0 Å². The predicted octanol–water partition coefficient (Wildman–Crippen LogP) is 1.27. The summed E-state index contributed by atoms with van der Waals surface area (Å²) in [6.07, 6.45) is 4.20. The lowest BCUT2D eigenvalue weighted by Crippen LogP contribution is -2.36. The maximum absolute atomic E-state index is 12.5. The second-order valence-electron chi connectivity index (χ2n) is 6.70. The summed E-state index contributed by atoms with van der Waals surface area (Å²) in [7, 11) is 3.87. The Morgan fingerprint density at radius 2 is 2.29 bits per heavy atom. The van der Waals surface area contributed by atoms with Crippen LogP contribution in [0.2, 0.25) is 0 Å². The Bertz CT molecular complexity index is 707. The molecule has 0 aromatic carbocycles. The van der Waals surface area contributed by atoms with Gasteiger partial charge in [-0.25, -0.2) is 4.98 Å². The van der Waals surface area contributed by atoms with Crippen molar-refractivity contribution in [2.75, 3.05) is 20.1 Å². The number of carbonyl (C=O) groups is 1. The van der Waals surface area contributed by atoms with Gasteiger partial charge in [0.1, 0.15) is 5.69 Å². The normalized spacial score (nSPS) is 18.1. The Balaban J connectivity index is 1.58. The summed E-state index contributed by atoms with van der Waals surface area (Å²) < 4.78 is 7.01. The summed E-state index contributed by atoms with van der Waals surface area (Å²) in [6, 6.07) is 0.295. The molecule has 8 nitrogen and oxygen atoms in total. The van der Waals surface area contributed by atoms with Gasteiger partial charge in [-0.1, -0.05) is 19.0 Å². The van der Waals surface area contributed by atoms with Gasteiger partial charge in [0.2, 0.25) is 5.89 Å². The Labute approximate surface area is 141 Å². The van der Waals surface area contributed by atoms with Gasteiger partial charge in [0.25, 0.3) is 5.91 Å². The first-order valence-electron chi connectivity index (χ1n) is 8.24. The van der Waals surface area contributed by atoms with Crippen molar-refractivity contribution >= 4 is 5.91 Å². The Kier molecular flexibility index (Phi) is 4.66. The highest BCUT2D eigenvalue weighted by molar-refractivity contribution is 5.92. The summed E-state index contributed by atoms with van der Waals surface area (Å²) in [6.45, 7) is 6.13. The van der Waals surface area contributed by atoms with E-state index in [1.165, 1.54) is 0 Å². The van der Waals surface area contributed by atoms with E-state index >= 15 is 0 Å². The quantitative estimate of drug-likeness (QED) is 0.820. The number of rotatable bonds is 5. The number of hydrogen-bond donors (Lipinski definition) is 0. The number of nitrogens with zero attached hydrogens (tertiary/aromatic N) is 6. The SMILES string of the molecule is CC(C)c1nc(CN(C)C2CCN(C(=O)c3cncn3C)C2)no1. The number of amides is 1. The summed E-state index contributed by atoms with van der Waals surface area (Å²) >= 11 is 0. The highest BCUT2D eigenvalue weighted by atomic mass is 16.5. The first-order valence-corrected chi connectivity index (χ1v) is 8.24. The van der Waals surface area contributed by atoms with Gasteiger partial charge in [0.05, 0.1) is 19.1 Å². The molecule has 1 fully saturated rings. The van der Waals surface area contributed by atoms with Crippen molar-refractivity contribution in [2.24, 2.45) is 7.05 Å². The van der Waals surface area contributed by atoms with Gasteiger partial charge in [-0.3, -0.25) is 9.69 Å². The van der Waals surface area contributed by atoms with Gasteiger partial charge in [-0.2, -0.15) is 4.98 Å². The molecule has 1 atom stereocenters.